The Morgan fingerprint density at radius 3 is 2.56 bits per heavy atom. The first kappa shape index (κ1) is 19.6. The first-order chi connectivity index (χ1) is 11.9. The number of carbonyl (C=O) groups is 2. The van der Waals surface area contributed by atoms with E-state index in [0.29, 0.717) is 18.0 Å². The number of amides is 1. The van der Waals surface area contributed by atoms with E-state index in [0.717, 1.165) is 12.8 Å². The predicted molar refractivity (Wildman–Crippen MR) is 95.8 cm³/mol. The van der Waals surface area contributed by atoms with Crippen LogP contribution in [0, 0.1) is 5.92 Å². The Bertz CT molecular complexity index is 710. The molecule has 138 valence electrons. The van der Waals surface area contributed by atoms with Gasteiger partial charge in [0, 0.05) is 25.1 Å². The first-order valence-electron chi connectivity index (χ1n) is 8.76. The zero-order valence-electron chi connectivity index (χ0n) is 14.6. The second-order valence-electron chi connectivity index (χ2n) is 6.54. The van der Waals surface area contributed by atoms with Gasteiger partial charge >= 0.3 is 0 Å². The van der Waals surface area contributed by atoms with E-state index in [4.69, 9.17) is 0 Å². The van der Waals surface area contributed by atoms with E-state index in [9.17, 15) is 18.0 Å². The van der Waals surface area contributed by atoms with Gasteiger partial charge in [-0.2, -0.15) is 0 Å². The smallest absolute Gasteiger partial charge is 0.240 e. The second-order valence-corrected chi connectivity index (χ2v) is 8.31. The SMILES string of the molecule is CC(=O)c1cccc(S(=O)(=O)NCCC(=O)NCC2CCCCC2)c1. The third-order valence-electron chi connectivity index (χ3n) is 4.51. The molecule has 1 fully saturated rings. The van der Waals surface area contributed by atoms with Gasteiger partial charge in [0.1, 0.15) is 0 Å². The Balaban J connectivity index is 1.78. The molecule has 7 heteroatoms. The quantitative estimate of drug-likeness (QED) is 0.690. The van der Waals surface area contributed by atoms with Crippen LogP contribution in [0.2, 0.25) is 0 Å². The van der Waals surface area contributed by atoms with E-state index in [1.54, 1.807) is 6.07 Å². The van der Waals surface area contributed by atoms with Crippen LogP contribution in [0.5, 0.6) is 0 Å². The van der Waals surface area contributed by atoms with Crippen molar-refractivity contribution in [1.29, 1.82) is 0 Å². The van der Waals surface area contributed by atoms with Crippen LogP contribution in [0.3, 0.4) is 0 Å². The standard InChI is InChI=1S/C18H26N2O4S/c1-14(21)16-8-5-9-17(12-16)25(23,24)20-11-10-18(22)19-13-15-6-3-2-4-7-15/h5,8-9,12,15,20H,2-4,6-7,10-11,13H2,1H3,(H,19,22). The molecule has 0 saturated heterocycles. The van der Waals surface area contributed by atoms with Gasteiger partial charge in [0.25, 0.3) is 0 Å². The molecule has 0 aromatic heterocycles. The number of hydrogen-bond donors (Lipinski definition) is 2. The van der Waals surface area contributed by atoms with E-state index in [1.807, 2.05) is 0 Å². The summed E-state index contributed by atoms with van der Waals surface area (Å²) >= 11 is 0. The maximum Gasteiger partial charge on any atom is 0.240 e. The van der Waals surface area contributed by atoms with Crippen LogP contribution in [0.4, 0.5) is 0 Å². The fourth-order valence-corrected chi connectivity index (χ4v) is 4.08. The fourth-order valence-electron chi connectivity index (χ4n) is 3.00. The number of hydrogen-bond acceptors (Lipinski definition) is 4. The minimum Gasteiger partial charge on any atom is -0.356 e. The lowest BCUT2D eigenvalue weighted by atomic mass is 9.89. The molecule has 0 spiro atoms. The molecule has 0 aliphatic heterocycles. The van der Waals surface area contributed by atoms with E-state index in [-0.39, 0.29) is 29.6 Å². The highest BCUT2D eigenvalue weighted by atomic mass is 32.2. The molecular weight excluding hydrogens is 340 g/mol. The van der Waals surface area contributed by atoms with Crippen molar-refractivity contribution in [2.45, 2.75) is 50.3 Å². The topological polar surface area (TPSA) is 92.3 Å². The third kappa shape index (κ3) is 6.25. The van der Waals surface area contributed by atoms with E-state index in [2.05, 4.69) is 10.0 Å². The van der Waals surface area contributed by atoms with Gasteiger partial charge in [-0.05, 0) is 37.8 Å². The molecule has 1 amide bonds. The summed E-state index contributed by atoms with van der Waals surface area (Å²) in [5, 5.41) is 2.88. The Labute approximate surface area is 149 Å². The highest BCUT2D eigenvalue weighted by Gasteiger charge is 2.17. The van der Waals surface area contributed by atoms with Gasteiger partial charge < -0.3 is 5.32 Å². The predicted octanol–water partition coefficient (Wildman–Crippen LogP) is 2.25. The molecule has 0 unspecified atom stereocenters. The van der Waals surface area contributed by atoms with Gasteiger partial charge in [0.2, 0.25) is 15.9 Å². The zero-order valence-corrected chi connectivity index (χ0v) is 15.4. The van der Waals surface area contributed by atoms with Crippen molar-refractivity contribution < 1.29 is 18.0 Å². The third-order valence-corrected chi connectivity index (χ3v) is 5.97. The summed E-state index contributed by atoms with van der Waals surface area (Å²) in [6.07, 6.45) is 6.12. The molecule has 1 aromatic rings. The van der Waals surface area contributed by atoms with E-state index in [1.165, 1.54) is 44.4 Å². The van der Waals surface area contributed by atoms with E-state index >= 15 is 0 Å². The van der Waals surface area contributed by atoms with Crippen molar-refractivity contribution in [2.24, 2.45) is 5.92 Å². The van der Waals surface area contributed by atoms with Crippen LogP contribution in [-0.2, 0) is 14.8 Å². The monoisotopic (exact) mass is 366 g/mol. The lowest BCUT2D eigenvalue weighted by Gasteiger charge is -2.21. The number of carbonyl (C=O) groups excluding carboxylic acids is 2. The summed E-state index contributed by atoms with van der Waals surface area (Å²) in [5.74, 6) is 0.202. The van der Waals surface area contributed by atoms with Gasteiger partial charge in [-0.1, -0.05) is 31.4 Å². The fraction of sp³-hybridized carbons (Fsp3) is 0.556. The lowest BCUT2D eigenvalue weighted by molar-refractivity contribution is -0.121. The summed E-state index contributed by atoms with van der Waals surface area (Å²) in [5.41, 5.74) is 0.341. The van der Waals surface area contributed by atoms with Gasteiger partial charge in [-0.25, -0.2) is 13.1 Å². The molecular formula is C18H26N2O4S. The highest BCUT2D eigenvalue weighted by Crippen LogP contribution is 2.22. The Hall–Kier alpha value is -1.73. The molecule has 6 nitrogen and oxygen atoms in total. The van der Waals surface area contributed by atoms with Crippen molar-refractivity contribution in [1.82, 2.24) is 10.0 Å². The molecule has 25 heavy (non-hydrogen) atoms. The molecule has 0 bridgehead atoms. The zero-order chi connectivity index (χ0) is 18.3. The molecule has 1 aromatic carbocycles. The molecule has 2 rings (SSSR count). The van der Waals surface area contributed by atoms with Crippen molar-refractivity contribution in [2.75, 3.05) is 13.1 Å². The Morgan fingerprint density at radius 1 is 1.16 bits per heavy atom. The number of benzene rings is 1. The van der Waals surface area contributed by atoms with Crippen LogP contribution in [0.15, 0.2) is 29.2 Å². The first-order valence-corrected chi connectivity index (χ1v) is 10.2. The molecule has 0 heterocycles. The number of sulfonamides is 1. The average Bonchev–Trinajstić information content (AvgIpc) is 2.61. The summed E-state index contributed by atoms with van der Waals surface area (Å²) in [6.45, 7) is 2.09. The van der Waals surface area contributed by atoms with Crippen molar-refractivity contribution in [3.05, 3.63) is 29.8 Å². The molecule has 1 aliphatic carbocycles. The largest absolute Gasteiger partial charge is 0.356 e. The maximum absolute atomic E-state index is 12.2. The van der Waals surface area contributed by atoms with Crippen LogP contribution in [0.1, 0.15) is 55.8 Å². The number of nitrogens with one attached hydrogen (secondary N) is 2. The number of Topliss-reactive ketones (excluding diaryl/α,β-unsaturated/α-hetero) is 1. The lowest BCUT2D eigenvalue weighted by Crippen LogP contribution is -2.33. The van der Waals surface area contributed by atoms with Gasteiger partial charge in [0.05, 0.1) is 4.90 Å². The maximum atomic E-state index is 12.2. The second kappa shape index (κ2) is 9.10. The number of rotatable bonds is 8. The minimum absolute atomic E-state index is 0.0304. The summed E-state index contributed by atoms with van der Waals surface area (Å²) in [6, 6.07) is 5.87. The summed E-state index contributed by atoms with van der Waals surface area (Å²) < 4.78 is 26.9. The Morgan fingerprint density at radius 2 is 1.88 bits per heavy atom. The molecule has 1 aliphatic rings. The van der Waals surface area contributed by atoms with Gasteiger partial charge in [0.15, 0.2) is 5.78 Å². The van der Waals surface area contributed by atoms with Crippen LogP contribution < -0.4 is 10.0 Å². The highest BCUT2D eigenvalue weighted by molar-refractivity contribution is 7.89. The van der Waals surface area contributed by atoms with Gasteiger partial charge in [-0.15, -0.1) is 0 Å². The molecule has 1 saturated carbocycles. The Kier molecular flexibility index (Phi) is 7.13. The minimum atomic E-state index is -3.73. The van der Waals surface area contributed by atoms with Crippen LogP contribution in [-0.4, -0.2) is 33.2 Å². The average molecular weight is 366 g/mol. The summed E-state index contributed by atoms with van der Waals surface area (Å²) in [4.78, 5) is 23.3. The van der Waals surface area contributed by atoms with Crippen LogP contribution >= 0.6 is 0 Å². The normalized spacial score (nSPS) is 15.7. The molecule has 0 radical (unpaired) electrons. The molecule has 0 atom stereocenters. The van der Waals surface area contributed by atoms with Crippen molar-refractivity contribution in [3.63, 3.8) is 0 Å². The number of ketones is 1. The van der Waals surface area contributed by atoms with Crippen molar-refractivity contribution >= 4 is 21.7 Å². The van der Waals surface area contributed by atoms with E-state index < -0.39 is 10.0 Å². The molecule has 2 N–H and O–H groups in total. The van der Waals surface area contributed by atoms with Gasteiger partial charge in [-0.3, -0.25) is 9.59 Å². The van der Waals surface area contributed by atoms with Crippen LogP contribution in [0.25, 0.3) is 0 Å². The van der Waals surface area contributed by atoms with Crippen molar-refractivity contribution in [3.8, 4) is 0 Å². The summed E-state index contributed by atoms with van der Waals surface area (Å²) in [7, 11) is -3.73.